The minimum absolute atomic E-state index is 0.224. The smallest absolute Gasteiger partial charge is 0.335 e. The molecule has 0 heterocycles. The van der Waals surface area contributed by atoms with Crippen LogP contribution < -0.4 is 4.74 Å². The maximum absolute atomic E-state index is 11.1. The summed E-state index contributed by atoms with van der Waals surface area (Å²) >= 11 is 8.97. The Kier molecular flexibility index (Phi) is 8.83. The summed E-state index contributed by atoms with van der Waals surface area (Å²) in [7, 11) is 0. The van der Waals surface area contributed by atoms with E-state index in [9.17, 15) is 9.90 Å². The minimum atomic E-state index is -1.61. The molecule has 2 N–H and O–H groups in total. The molecule has 0 saturated heterocycles. The second kappa shape index (κ2) is 10.1. The molecule has 0 aliphatic heterocycles. The van der Waals surface area contributed by atoms with Crippen molar-refractivity contribution in [3.63, 3.8) is 0 Å². The van der Waals surface area contributed by atoms with E-state index in [4.69, 9.17) is 21.4 Å². The van der Waals surface area contributed by atoms with Gasteiger partial charge < -0.3 is 14.9 Å². The molecular formula is C16H22BrClO4. The summed E-state index contributed by atoms with van der Waals surface area (Å²) in [5, 5.41) is 20.2. The first kappa shape index (κ1) is 19.3. The molecule has 0 aliphatic carbocycles. The summed E-state index contributed by atoms with van der Waals surface area (Å²) in [6.07, 6.45) is 3.91. The van der Waals surface area contributed by atoms with Crippen molar-refractivity contribution in [1.29, 1.82) is 0 Å². The van der Waals surface area contributed by atoms with Crippen LogP contribution >= 0.6 is 27.5 Å². The lowest BCUT2D eigenvalue weighted by Gasteiger charge is -2.22. The van der Waals surface area contributed by atoms with Gasteiger partial charge in [-0.25, -0.2) is 4.79 Å². The lowest BCUT2D eigenvalue weighted by atomic mass is 9.93. The van der Waals surface area contributed by atoms with Gasteiger partial charge in [-0.05, 0) is 49.9 Å². The molecule has 124 valence electrons. The summed E-state index contributed by atoms with van der Waals surface area (Å²) in [5.74, 6) is -0.347. The Hall–Kier alpha value is -0.780. The number of carbonyl (C=O) groups is 1. The molecule has 1 aromatic rings. The van der Waals surface area contributed by atoms with Crippen molar-refractivity contribution < 1.29 is 19.7 Å². The Bertz CT molecular complexity index is 452. The van der Waals surface area contributed by atoms with Gasteiger partial charge in [-0.15, -0.1) is 0 Å². The lowest BCUT2D eigenvalue weighted by molar-refractivity contribution is -0.159. The lowest BCUT2D eigenvalue weighted by Crippen LogP contribution is -2.38. The Morgan fingerprint density at radius 2 is 1.77 bits per heavy atom. The first-order valence-electron chi connectivity index (χ1n) is 7.38. The third-order valence-electron chi connectivity index (χ3n) is 3.47. The first-order chi connectivity index (χ1) is 10.5. The third-order valence-corrected chi connectivity index (χ3v) is 4.12. The van der Waals surface area contributed by atoms with Gasteiger partial charge in [0.05, 0.1) is 6.61 Å². The van der Waals surface area contributed by atoms with Crippen LogP contribution in [0.4, 0.5) is 0 Å². The number of hydrogen-bond donors (Lipinski definition) is 2. The molecule has 6 heteroatoms. The molecule has 0 aromatic heterocycles. The van der Waals surface area contributed by atoms with Crippen molar-refractivity contribution in [2.75, 3.05) is 11.9 Å². The summed E-state index contributed by atoms with van der Waals surface area (Å²) in [6.45, 7) is 0.617. The van der Waals surface area contributed by atoms with Gasteiger partial charge in [0.1, 0.15) is 5.75 Å². The van der Waals surface area contributed by atoms with Gasteiger partial charge >= 0.3 is 5.97 Å². The highest BCUT2D eigenvalue weighted by atomic mass is 79.9. The number of ether oxygens (including phenoxy) is 1. The third kappa shape index (κ3) is 6.99. The largest absolute Gasteiger partial charge is 0.494 e. The SMILES string of the molecule is O=C(O)C(O)(CCBr)CCCCCCOc1ccc(Cl)cc1. The van der Waals surface area contributed by atoms with Crippen LogP contribution in [0.15, 0.2) is 24.3 Å². The van der Waals surface area contributed by atoms with E-state index >= 15 is 0 Å². The molecule has 0 aliphatic rings. The molecular weight excluding hydrogens is 372 g/mol. The highest BCUT2D eigenvalue weighted by molar-refractivity contribution is 9.09. The predicted octanol–water partition coefficient (Wildman–Crippen LogP) is 4.27. The zero-order valence-corrected chi connectivity index (χ0v) is 14.8. The van der Waals surface area contributed by atoms with Gasteiger partial charge in [0, 0.05) is 10.4 Å². The van der Waals surface area contributed by atoms with E-state index in [-0.39, 0.29) is 12.8 Å². The summed E-state index contributed by atoms with van der Waals surface area (Å²) in [5.41, 5.74) is -1.61. The number of unbranched alkanes of at least 4 members (excludes halogenated alkanes) is 3. The van der Waals surface area contributed by atoms with Crippen LogP contribution in [0.5, 0.6) is 5.75 Å². The molecule has 0 saturated carbocycles. The highest BCUT2D eigenvalue weighted by Gasteiger charge is 2.34. The Labute approximate surface area is 144 Å². The highest BCUT2D eigenvalue weighted by Crippen LogP contribution is 2.21. The van der Waals surface area contributed by atoms with E-state index in [2.05, 4.69) is 15.9 Å². The van der Waals surface area contributed by atoms with E-state index in [1.54, 1.807) is 12.1 Å². The van der Waals surface area contributed by atoms with Crippen LogP contribution in [-0.4, -0.2) is 33.7 Å². The fourth-order valence-electron chi connectivity index (χ4n) is 2.09. The normalized spacial score (nSPS) is 13.6. The zero-order valence-electron chi connectivity index (χ0n) is 12.4. The van der Waals surface area contributed by atoms with Crippen LogP contribution in [0, 0.1) is 0 Å². The maximum atomic E-state index is 11.1. The van der Waals surface area contributed by atoms with Gasteiger partial charge in [-0.3, -0.25) is 0 Å². The number of halogens is 2. The number of aliphatic hydroxyl groups is 1. The number of aliphatic carboxylic acids is 1. The molecule has 1 unspecified atom stereocenters. The van der Waals surface area contributed by atoms with Crippen molar-refractivity contribution in [3.8, 4) is 5.75 Å². The van der Waals surface area contributed by atoms with Gasteiger partial charge in [0.2, 0.25) is 0 Å². The topological polar surface area (TPSA) is 66.8 Å². The monoisotopic (exact) mass is 392 g/mol. The number of rotatable bonds is 11. The zero-order chi connectivity index (χ0) is 16.4. The molecule has 0 fully saturated rings. The number of carboxylic acids is 1. The molecule has 0 amide bonds. The molecule has 4 nitrogen and oxygen atoms in total. The average Bonchev–Trinajstić information content (AvgIpc) is 2.48. The van der Waals surface area contributed by atoms with Crippen molar-refractivity contribution >= 4 is 33.5 Å². The summed E-state index contributed by atoms with van der Waals surface area (Å²) in [6, 6.07) is 7.23. The van der Waals surface area contributed by atoms with E-state index in [0.29, 0.717) is 23.4 Å². The van der Waals surface area contributed by atoms with Crippen molar-refractivity contribution in [2.24, 2.45) is 0 Å². The van der Waals surface area contributed by atoms with E-state index in [1.807, 2.05) is 12.1 Å². The van der Waals surface area contributed by atoms with Crippen LogP contribution in [0.25, 0.3) is 0 Å². The fourth-order valence-corrected chi connectivity index (χ4v) is 2.87. The van der Waals surface area contributed by atoms with E-state index < -0.39 is 11.6 Å². The van der Waals surface area contributed by atoms with Crippen molar-refractivity contribution in [2.45, 2.75) is 44.1 Å². The predicted molar refractivity (Wildman–Crippen MR) is 91.0 cm³/mol. The van der Waals surface area contributed by atoms with Crippen LogP contribution in [0.2, 0.25) is 5.02 Å². The van der Waals surface area contributed by atoms with Crippen molar-refractivity contribution in [1.82, 2.24) is 0 Å². The summed E-state index contributed by atoms with van der Waals surface area (Å²) in [4.78, 5) is 11.1. The van der Waals surface area contributed by atoms with Crippen LogP contribution in [-0.2, 0) is 4.79 Å². The first-order valence-corrected chi connectivity index (χ1v) is 8.88. The van der Waals surface area contributed by atoms with Gasteiger partial charge in [0.25, 0.3) is 0 Å². The average molecular weight is 394 g/mol. The van der Waals surface area contributed by atoms with Gasteiger partial charge in [0.15, 0.2) is 5.60 Å². The van der Waals surface area contributed by atoms with Crippen LogP contribution in [0.1, 0.15) is 38.5 Å². The standard InChI is InChI=1S/C16H22BrClO4/c17-11-10-16(21,15(19)20)9-3-1-2-4-12-22-14-7-5-13(18)6-8-14/h5-8,21H,1-4,9-12H2,(H,19,20). The fraction of sp³-hybridized carbons (Fsp3) is 0.562. The molecule has 1 aromatic carbocycles. The second-order valence-electron chi connectivity index (χ2n) is 5.24. The van der Waals surface area contributed by atoms with Gasteiger partial charge in [-0.2, -0.15) is 0 Å². The molecule has 0 bridgehead atoms. The summed E-state index contributed by atoms with van der Waals surface area (Å²) < 4.78 is 5.58. The number of alkyl halides is 1. The van der Waals surface area contributed by atoms with Crippen molar-refractivity contribution in [3.05, 3.63) is 29.3 Å². The Morgan fingerprint density at radius 3 is 2.36 bits per heavy atom. The van der Waals surface area contributed by atoms with Crippen LogP contribution in [0.3, 0.4) is 0 Å². The molecule has 1 atom stereocenters. The molecule has 0 radical (unpaired) electrons. The maximum Gasteiger partial charge on any atom is 0.335 e. The van der Waals surface area contributed by atoms with E-state index in [1.165, 1.54) is 0 Å². The quantitative estimate of drug-likeness (QED) is 0.435. The van der Waals surface area contributed by atoms with Gasteiger partial charge in [-0.1, -0.05) is 40.4 Å². The minimum Gasteiger partial charge on any atom is -0.494 e. The Balaban J connectivity index is 2.12. The molecule has 22 heavy (non-hydrogen) atoms. The number of carboxylic acid groups (broad SMARTS) is 1. The number of hydrogen-bond acceptors (Lipinski definition) is 3. The van der Waals surface area contributed by atoms with E-state index in [0.717, 1.165) is 25.0 Å². The molecule has 0 spiro atoms. The molecule has 1 rings (SSSR count). The number of benzene rings is 1. The Morgan fingerprint density at radius 1 is 1.14 bits per heavy atom. The second-order valence-corrected chi connectivity index (χ2v) is 6.47.